The van der Waals surface area contributed by atoms with Crippen molar-refractivity contribution in [2.45, 2.75) is 6.92 Å². The van der Waals surface area contributed by atoms with Crippen molar-refractivity contribution >= 4 is 0 Å². The summed E-state index contributed by atoms with van der Waals surface area (Å²) in [5, 5.41) is 0. The average molecular weight is 190 g/mol. The van der Waals surface area contributed by atoms with Crippen LogP contribution in [0.3, 0.4) is 0 Å². The number of rotatable bonds is 3. The van der Waals surface area contributed by atoms with Crippen molar-refractivity contribution in [2.75, 3.05) is 13.3 Å². The molecule has 4 heteroatoms. The van der Waals surface area contributed by atoms with Gasteiger partial charge in [0.05, 0.1) is 0 Å². The van der Waals surface area contributed by atoms with E-state index in [9.17, 15) is 13.2 Å². The molecule has 1 aromatic carbocycles. The Morgan fingerprint density at radius 1 is 1.23 bits per heavy atom. The van der Waals surface area contributed by atoms with Crippen molar-refractivity contribution in [3.8, 4) is 5.75 Å². The molecule has 0 fully saturated rings. The lowest BCUT2D eigenvalue weighted by Crippen LogP contribution is -2.01. The Balaban J connectivity index is 2.88. The molecule has 72 valence electrons. The van der Waals surface area contributed by atoms with Crippen LogP contribution in [-0.2, 0) is 0 Å². The third-order valence-electron chi connectivity index (χ3n) is 1.55. The van der Waals surface area contributed by atoms with Crippen molar-refractivity contribution in [1.82, 2.24) is 0 Å². The van der Waals surface area contributed by atoms with Gasteiger partial charge in [0.15, 0.2) is 11.6 Å². The van der Waals surface area contributed by atoms with Crippen LogP contribution in [0, 0.1) is 18.6 Å². The molecule has 0 aliphatic carbocycles. The molecular weight excluding hydrogens is 181 g/mol. The highest BCUT2D eigenvalue weighted by molar-refractivity contribution is 5.33. The SMILES string of the molecule is Cc1cc(F)c(F)cc1OCCF. The molecule has 0 bridgehead atoms. The van der Waals surface area contributed by atoms with Gasteiger partial charge in [-0.1, -0.05) is 0 Å². The van der Waals surface area contributed by atoms with Crippen LogP contribution in [0.2, 0.25) is 0 Å². The fourth-order valence-corrected chi connectivity index (χ4v) is 0.932. The molecule has 0 aliphatic rings. The standard InChI is InChI=1S/C9H9F3O/c1-6-4-7(11)8(12)5-9(6)13-3-2-10/h4-5H,2-3H2,1H3. The zero-order valence-corrected chi connectivity index (χ0v) is 7.11. The van der Waals surface area contributed by atoms with E-state index in [1.807, 2.05) is 0 Å². The molecule has 1 aromatic rings. The predicted octanol–water partition coefficient (Wildman–Crippen LogP) is 2.62. The van der Waals surface area contributed by atoms with Crippen molar-refractivity contribution in [3.63, 3.8) is 0 Å². The van der Waals surface area contributed by atoms with Crippen molar-refractivity contribution in [1.29, 1.82) is 0 Å². The van der Waals surface area contributed by atoms with Crippen LogP contribution in [-0.4, -0.2) is 13.3 Å². The second-order valence-corrected chi connectivity index (χ2v) is 2.57. The topological polar surface area (TPSA) is 9.23 Å². The molecule has 1 nitrogen and oxygen atoms in total. The molecule has 0 amide bonds. The van der Waals surface area contributed by atoms with Crippen LogP contribution in [0.5, 0.6) is 5.75 Å². The lowest BCUT2D eigenvalue weighted by Gasteiger charge is -2.07. The molecule has 0 aliphatic heterocycles. The van der Waals surface area contributed by atoms with E-state index in [1.54, 1.807) is 6.92 Å². The normalized spacial score (nSPS) is 10.2. The van der Waals surface area contributed by atoms with Gasteiger partial charge in [-0.2, -0.15) is 0 Å². The molecule has 0 N–H and O–H groups in total. The summed E-state index contributed by atoms with van der Waals surface area (Å²) >= 11 is 0. The number of aryl methyl sites for hydroxylation is 1. The number of benzene rings is 1. The number of hydrogen-bond donors (Lipinski definition) is 0. The van der Waals surface area contributed by atoms with E-state index in [4.69, 9.17) is 4.74 Å². The number of ether oxygens (including phenoxy) is 1. The predicted molar refractivity (Wildman–Crippen MR) is 42.6 cm³/mol. The van der Waals surface area contributed by atoms with Gasteiger partial charge in [-0.3, -0.25) is 0 Å². The summed E-state index contributed by atoms with van der Waals surface area (Å²) in [6.07, 6.45) is 0. The fraction of sp³-hybridized carbons (Fsp3) is 0.333. The first-order valence-corrected chi connectivity index (χ1v) is 3.79. The zero-order chi connectivity index (χ0) is 9.84. The Morgan fingerprint density at radius 2 is 1.85 bits per heavy atom. The molecule has 0 heterocycles. The molecule has 0 saturated carbocycles. The third kappa shape index (κ3) is 2.37. The molecule has 0 spiro atoms. The third-order valence-corrected chi connectivity index (χ3v) is 1.55. The maximum Gasteiger partial charge on any atom is 0.162 e. The molecule has 0 atom stereocenters. The van der Waals surface area contributed by atoms with Gasteiger partial charge in [0.25, 0.3) is 0 Å². The summed E-state index contributed by atoms with van der Waals surface area (Å²) in [5.41, 5.74) is 0.451. The summed E-state index contributed by atoms with van der Waals surface area (Å²) < 4.78 is 41.8. The van der Waals surface area contributed by atoms with E-state index >= 15 is 0 Å². The smallest absolute Gasteiger partial charge is 0.162 e. The van der Waals surface area contributed by atoms with Gasteiger partial charge >= 0.3 is 0 Å². The highest BCUT2D eigenvalue weighted by Gasteiger charge is 2.07. The van der Waals surface area contributed by atoms with Crippen LogP contribution in [0.15, 0.2) is 12.1 Å². The zero-order valence-electron chi connectivity index (χ0n) is 7.11. The van der Waals surface area contributed by atoms with Gasteiger partial charge in [-0.05, 0) is 18.6 Å². The summed E-state index contributed by atoms with van der Waals surface area (Å²) in [5.74, 6) is -1.74. The van der Waals surface area contributed by atoms with Gasteiger partial charge in [-0.25, -0.2) is 13.2 Å². The van der Waals surface area contributed by atoms with Crippen LogP contribution in [0.4, 0.5) is 13.2 Å². The van der Waals surface area contributed by atoms with E-state index < -0.39 is 18.3 Å². The Bertz CT molecular complexity index is 299. The van der Waals surface area contributed by atoms with Gasteiger partial charge in [0.2, 0.25) is 0 Å². The summed E-state index contributed by atoms with van der Waals surface area (Å²) in [7, 11) is 0. The minimum atomic E-state index is -0.987. The van der Waals surface area contributed by atoms with E-state index in [0.717, 1.165) is 12.1 Å². The quantitative estimate of drug-likeness (QED) is 0.711. The maximum atomic E-state index is 12.6. The second kappa shape index (κ2) is 4.16. The van der Waals surface area contributed by atoms with E-state index in [2.05, 4.69) is 0 Å². The minimum absolute atomic E-state index is 0.147. The highest BCUT2D eigenvalue weighted by Crippen LogP contribution is 2.21. The largest absolute Gasteiger partial charge is 0.490 e. The van der Waals surface area contributed by atoms with Gasteiger partial charge in [-0.15, -0.1) is 0 Å². The summed E-state index contributed by atoms with van der Waals surface area (Å²) in [4.78, 5) is 0. The van der Waals surface area contributed by atoms with Crippen LogP contribution < -0.4 is 4.74 Å². The van der Waals surface area contributed by atoms with Crippen molar-refractivity contribution in [2.24, 2.45) is 0 Å². The average Bonchev–Trinajstić information content (AvgIpc) is 2.09. The molecule has 13 heavy (non-hydrogen) atoms. The van der Waals surface area contributed by atoms with Crippen molar-refractivity contribution < 1.29 is 17.9 Å². The Morgan fingerprint density at radius 3 is 2.46 bits per heavy atom. The Kier molecular flexibility index (Phi) is 3.17. The molecular formula is C9H9F3O. The fourth-order valence-electron chi connectivity index (χ4n) is 0.932. The van der Waals surface area contributed by atoms with Crippen LogP contribution >= 0.6 is 0 Å². The van der Waals surface area contributed by atoms with Gasteiger partial charge < -0.3 is 4.74 Å². The van der Waals surface area contributed by atoms with Crippen molar-refractivity contribution in [3.05, 3.63) is 29.3 Å². The minimum Gasteiger partial charge on any atom is -0.490 e. The van der Waals surface area contributed by atoms with Gasteiger partial charge in [0, 0.05) is 6.07 Å². The Labute approximate surface area is 74.1 Å². The molecule has 0 unspecified atom stereocenters. The number of hydrogen-bond acceptors (Lipinski definition) is 1. The summed E-state index contributed by atoms with van der Waals surface area (Å²) in [6.45, 7) is 0.764. The monoisotopic (exact) mass is 190 g/mol. The number of halogens is 3. The van der Waals surface area contributed by atoms with E-state index in [1.165, 1.54) is 0 Å². The Hall–Kier alpha value is -1.19. The van der Waals surface area contributed by atoms with E-state index in [-0.39, 0.29) is 12.4 Å². The maximum absolute atomic E-state index is 12.6. The first-order chi connectivity index (χ1) is 6.15. The second-order valence-electron chi connectivity index (χ2n) is 2.57. The molecule has 0 radical (unpaired) electrons. The lowest BCUT2D eigenvalue weighted by atomic mass is 10.2. The number of alkyl halides is 1. The highest BCUT2D eigenvalue weighted by atomic mass is 19.2. The molecule has 0 saturated heterocycles. The first kappa shape index (κ1) is 9.89. The molecule has 0 aromatic heterocycles. The van der Waals surface area contributed by atoms with Gasteiger partial charge in [0.1, 0.15) is 19.0 Å². The summed E-state index contributed by atoms with van der Waals surface area (Å²) in [6, 6.07) is 1.93. The molecule has 1 rings (SSSR count). The van der Waals surface area contributed by atoms with Crippen LogP contribution in [0.1, 0.15) is 5.56 Å². The van der Waals surface area contributed by atoms with Crippen LogP contribution in [0.25, 0.3) is 0 Å². The lowest BCUT2D eigenvalue weighted by molar-refractivity contribution is 0.270. The first-order valence-electron chi connectivity index (χ1n) is 3.79. The van der Waals surface area contributed by atoms with E-state index in [0.29, 0.717) is 5.56 Å².